The Morgan fingerprint density at radius 1 is 1.24 bits per heavy atom. The number of carboxylic acid groups (broad SMARTS) is 1. The van der Waals surface area contributed by atoms with Crippen LogP contribution < -0.4 is 5.32 Å². The summed E-state index contributed by atoms with van der Waals surface area (Å²) in [5, 5.41) is 12.8. The summed E-state index contributed by atoms with van der Waals surface area (Å²) in [5.41, 5.74) is 1.59. The van der Waals surface area contributed by atoms with Gasteiger partial charge in [-0.1, -0.05) is 29.8 Å². The van der Waals surface area contributed by atoms with Crippen LogP contribution in [-0.2, 0) is 16.8 Å². The smallest absolute Gasteiger partial charge is 0.334 e. The van der Waals surface area contributed by atoms with Crippen LogP contribution in [0.3, 0.4) is 0 Å². The summed E-state index contributed by atoms with van der Waals surface area (Å²) in [6, 6.07) is 12.2. The minimum atomic E-state index is -1.26. The van der Waals surface area contributed by atoms with Crippen LogP contribution in [0.2, 0.25) is 0 Å². The molecule has 1 aliphatic carbocycles. The van der Waals surface area contributed by atoms with Crippen LogP contribution in [0.4, 0.5) is 10.1 Å². The Morgan fingerprint density at radius 2 is 1.95 bits per heavy atom. The van der Waals surface area contributed by atoms with Gasteiger partial charge in [-0.3, -0.25) is 0 Å². The van der Waals surface area contributed by atoms with Gasteiger partial charge in [0.15, 0.2) is 5.54 Å². The number of nitrogens with one attached hydrogen (secondary N) is 1. The first-order valence-corrected chi connectivity index (χ1v) is 6.89. The number of fused-ring (bicyclic) bond motifs is 1. The highest BCUT2D eigenvalue weighted by atomic mass is 19.1. The minimum absolute atomic E-state index is 0.332. The van der Waals surface area contributed by atoms with Crippen molar-refractivity contribution in [3.63, 3.8) is 0 Å². The lowest BCUT2D eigenvalue weighted by Crippen LogP contribution is -2.41. The van der Waals surface area contributed by atoms with Gasteiger partial charge in [0.25, 0.3) is 0 Å². The van der Waals surface area contributed by atoms with Gasteiger partial charge in [0.1, 0.15) is 5.82 Å². The first kappa shape index (κ1) is 13.6. The van der Waals surface area contributed by atoms with E-state index in [1.54, 1.807) is 12.1 Å². The minimum Gasteiger partial charge on any atom is -0.479 e. The summed E-state index contributed by atoms with van der Waals surface area (Å²) in [4.78, 5) is 11.9. The molecule has 1 atom stereocenters. The van der Waals surface area contributed by atoms with E-state index >= 15 is 0 Å². The van der Waals surface area contributed by atoms with Crippen molar-refractivity contribution >= 4 is 11.7 Å². The molecule has 2 N–H and O–H groups in total. The Morgan fingerprint density at radius 3 is 2.62 bits per heavy atom. The maximum absolute atomic E-state index is 13.9. The number of hydrogen-bond donors (Lipinski definition) is 2. The number of benzene rings is 2. The molecule has 0 aromatic heterocycles. The Kier molecular flexibility index (Phi) is 3.16. The van der Waals surface area contributed by atoms with Crippen LogP contribution >= 0.6 is 0 Å². The number of hydrogen-bond acceptors (Lipinski definition) is 2. The van der Waals surface area contributed by atoms with Crippen molar-refractivity contribution in [2.75, 3.05) is 5.32 Å². The van der Waals surface area contributed by atoms with E-state index in [1.165, 1.54) is 6.07 Å². The van der Waals surface area contributed by atoms with Gasteiger partial charge in [0.05, 0.1) is 0 Å². The molecule has 0 saturated heterocycles. The standard InChI is InChI=1S/C17H16FNO2/c1-11-5-7-12(8-6-11)19-17(16(20)21)10-9-13-14(17)3-2-4-15(13)18/h2-8,19H,9-10H2,1H3,(H,20,21). The summed E-state index contributed by atoms with van der Waals surface area (Å²) in [6.45, 7) is 1.97. The molecule has 2 aromatic carbocycles. The van der Waals surface area contributed by atoms with Crippen LogP contribution in [0, 0.1) is 12.7 Å². The molecule has 0 saturated carbocycles. The Labute approximate surface area is 122 Å². The third kappa shape index (κ3) is 2.17. The predicted octanol–water partition coefficient (Wildman–Crippen LogP) is 3.47. The molecule has 3 rings (SSSR count). The number of aryl methyl sites for hydroxylation is 1. The van der Waals surface area contributed by atoms with Crippen molar-refractivity contribution in [3.8, 4) is 0 Å². The molecule has 0 aliphatic heterocycles. The van der Waals surface area contributed by atoms with E-state index in [0.717, 1.165) is 11.3 Å². The van der Waals surface area contributed by atoms with Crippen molar-refractivity contribution in [1.29, 1.82) is 0 Å². The van der Waals surface area contributed by atoms with E-state index in [-0.39, 0.29) is 5.82 Å². The first-order chi connectivity index (χ1) is 10.0. The lowest BCUT2D eigenvalue weighted by atomic mass is 9.91. The van der Waals surface area contributed by atoms with Gasteiger partial charge in [-0.15, -0.1) is 0 Å². The van der Waals surface area contributed by atoms with E-state index < -0.39 is 11.5 Å². The van der Waals surface area contributed by atoms with Crippen molar-refractivity contribution in [1.82, 2.24) is 0 Å². The molecule has 0 bridgehead atoms. The molecule has 108 valence electrons. The summed E-state index contributed by atoms with van der Waals surface area (Å²) < 4.78 is 13.9. The molecule has 21 heavy (non-hydrogen) atoms. The van der Waals surface area contributed by atoms with Gasteiger partial charge < -0.3 is 10.4 Å². The number of aliphatic carboxylic acids is 1. The summed E-state index contributed by atoms with van der Waals surface area (Å²) in [7, 11) is 0. The zero-order chi connectivity index (χ0) is 15.0. The molecular formula is C17H16FNO2. The van der Waals surface area contributed by atoms with E-state index in [9.17, 15) is 14.3 Å². The quantitative estimate of drug-likeness (QED) is 0.907. The van der Waals surface area contributed by atoms with Crippen LogP contribution in [0.25, 0.3) is 0 Å². The molecular weight excluding hydrogens is 269 g/mol. The number of carbonyl (C=O) groups is 1. The third-order valence-electron chi connectivity index (χ3n) is 4.10. The summed E-state index contributed by atoms with van der Waals surface area (Å²) in [6.07, 6.45) is 0.764. The van der Waals surface area contributed by atoms with Gasteiger partial charge in [0, 0.05) is 5.69 Å². The molecule has 0 spiro atoms. The van der Waals surface area contributed by atoms with Gasteiger partial charge in [0.2, 0.25) is 0 Å². The highest BCUT2D eigenvalue weighted by Crippen LogP contribution is 2.41. The Balaban J connectivity index is 2.06. The van der Waals surface area contributed by atoms with E-state index in [2.05, 4.69) is 5.32 Å². The Bertz CT molecular complexity index is 696. The van der Waals surface area contributed by atoms with Crippen LogP contribution in [0.15, 0.2) is 42.5 Å². The van der Waals surface area contributed by atoms with Crippen molar-refractivity contribution < 1.29 is 14.3 Å². The van der Waals surface area contributed by atoms with Crippen molar-refractivity contribution in [3.05, 3.63) is 65.0 Å². The fraction of sp³-hybridized carbons (Fsp3) is 0.235. The monoisotopic (exact) mass is 285 g/mol. The lowest BCUT2D eigenvalue weighted by Gasteiger charge is -2.28. The SMILES string of the molecule is Cc1ccc(NC2(C(=O)O)CCc3c(F)cccc32)cc1. The van der Waals surface area contributed by atoms with Crippen molar-refractivity contribution in [2.24, 2.45) is 0 Å². The summed E-state index contributed by atoms with van der Waals surface area (Å²) >= 11 is 0. The highest BCUT2D eigenvalue weighted by Gasteiger charge is 2.46. The van der Waals surface area contributed by atoms with Gasteiger partial charge in [-0.2, -0.15) is 0 Å². The topological polar surface area (TPSA) is 49.3 Å². The average Bonchev–Trinajstić information content (AvgIpc) is 2.83. The number of rotatable bonds is 3. The van der Waals surface area contributed by atoms with Gasteiger partial charge >= 0.3 is 5.97 Å². The normalized spacial score (nSPS) is 20.1. The first-order valence-electron chi connectivity index (χ1n) is 6.89. The molecule has 0 heterocycles. The fourth-order valence-electron chi connectivity index (χ4n) is 2.95. The van der Waals surface area contributed by atoms with Gasteiger partial charge in [-0.25, -0.2) is 9.18 Å². The second-order valence-corrected chi connectivity index (χ2v) is 5.47. The number of carboxylic acids is 1. The van der Waals surface area contributed by atoms with Gasteiger partial charge in [-0.05, 0) is 49.1 Å². The molecule has 0 radical (unpaired) electrons. The second kappa shape index (κ2) is 4.88. The number of halogens is 1. The summed E-state index contributed by atoms with van der Waals surface area (Å²) in [5.74, 6) is -1.31. The van der Waals surface area contributed by atoms with E-state index in [4.69, 9.17) is 0 Å². The maximum Gasteiger partial charge on any atom is 0.334 e. The molecule has 3 nitrogen and oxygen atoms in total. The van der Waals surface area contributed by atoms with E-state index in [0.29, 0.717) is 24.0 Å². The van der Waals surface area contributed by atoms with Crippen molar-refractivity contribution in [2.45, 2.75) is 25.3 Å². The van der Waals surface area contributed by atoms with Crippen LogP contribution in [0.1, 0.15) is 23.1 Å². The zero-order valence-corrected chi connectivity index (χ0v) is 11.7. The molecule has 1 unspecified atom stereocenters. The second-order valence-electron chi connectivity index (χ2n) is 5.47. The molecule has 0 amide bonds. The largest absolute Gasteiger partial charge is 0.479 e. The third-order valence-corrected chi connectivity index (χ3v) is 4.10. The zero-order valence-electron chi connectivity index (χ0n) is 11.7. The molecule has 1 aliphatic rings. The maximum atomic E-state index is 13.9. The number of anilines is 1. The molecule has 4 heteroatoms. The molecule has 0 fully saturated rings. The Hall–Kier alpha value is -2.36. The average molecular weight is 285 g/mol. The highest BCUT2D eigenvalue weighted by molar-refractivity contribution is 5.86. The van der Waals surface area contributed by atoms with Crippen LogP contribution in [0.5, 0.6) is 0 Å². The van der Waals surface area contributed by atoms with Crippen LogP contribution in [-0.4, -0.2) is 11.1 Å². The lowest BCUT2D eigenvalue weighted by molar-refractivity contribution is -0.142. The fourth-order valence-corrected chi connectivity index (χ4v) is 2.95. The predicted molar refractivity (Wildman–Crippen MR) is 78.8 cm³/mol. The molecule has 2 aromatic rings. The van der Waals surface area contributed by atoms with E-state index in [1.807, 2.05) is 31.2 Å².